The smallest absolute Gasteiger partial charge is 0.270 e. The number of hydrogen-bond acceptors (Lipinski definition) is 7. The molecule has 28 heavy (non-hydrogen) atoms. The lowest BCUT2D eigenvalue weighted by molar-refractivity contribution is -0.384. The normalized spacial score (nSPS) is 10.0. The molecule has 150 valence electrons. The maximum absolute atomic E-state index is 13.6. The van der Waals surface area contributed by atoms with E-state index in [9.17, 15) is 14.5 Å². The van der Waals surface area contributed by atoms with Crippen molar-refractivity contribution >= 4 is 56.5 Å². The summed E-state index contributed by atoms with van der Waals surface area (Å²) in [5, 5.41) is 25.4. The fourth-order valence-corrected chi connectivity index (χ4v) is 3.15. The van der Waals surface area contributed by atoms with E-state index in [-0.39, 0.29) is 44.5 Å². The number of halogens is 2. The third-order valence-electron chi connectivity index (χ3n) is 3.26. The molecule has 0 saturated carbocycles. The molecule has 6 N–H and O–H groups in total. The van der Waals surface area contributed by atoms with Gasteiger partial charge < -0.3 is 16.2 Å². The summed E-state index contributed by atoms with van der Waals surface area (Å²) in [5.74, 6) is 0.638. The average molecular weight is 490 g/mol. The SMILES string of the molecule is Br.N=C(N)SCc1cc(F)ccc1Oc1ccc([N+](=O)[O-])cc1CSC(=N)N. The van der Waals surface area contributed by atoms with Gasteiger partial charge in [-0.15, -0.1) is 17.0 Å². The summed E-state index contributed by atoms with van der Waals surface area (Å²) in [6.45, 7) is 0. The van der Waals surface area contributed by atoms with Crippen molar-refractivity contribution in [2.75, 3.05) is 0 Å². The molecule has 0 aliphatic heterocycles. The summed E-state index contributed by atoms with van der Waals surface area (Å²) in [6.07, 6.45) is 0. The van der Waals surface area contributed by atoms with Crippen LogP contribution < -0.4 is 16.2 Å². The number of nitro groups is 1. The quantitative estimate of drug-likeness (QED) is 0.195. The molecule has 0 spiro atoms. The molecule has 0 bridgehead atoms. The van der Waals surface area contributed by atoms with Crippen LogP contribution in [0.3, 0.4) is 0 Å². The van der Waals surface area contributed by atoms with Crippen LogP contribution in [0.25, 0.3) is 0 Å². The van der Waals surface area contributed by atoms with Gasteiger partial charge in [0.05, 0.1) is 4.92 Å². The Labute approximate surface area is 179 Å². The Kier molecular flexibility index (Phi) is 9.22. The van der Waals surface area contributed by atoms with Crippen molar-refractivity contribution in [1.29, 1.82) is 10.8 Å². The van der Waals surface area contributed by atoms with Crippen molar-refractivity contribution in [2.24, 2.45) is 11.5 Å². The first-order valence-corrected chi connectivity index (χ1v) is 9.40. The van der Waals surface area contributed by atoms with Crippen LogP contribution in [0.2, 0.25) is 0 Å². The van der Waals surface area contributed by atoms with Gasteiger partial charge in [-0.25, -0.2) is 4.39 Å². The molecule has 0 heterocycles. The highest BCUT2D eigenvalue weighted by Gasteiger charge is 2.15. The van der Waals surface area contributed by atoms with Crippen LogP contribution in [-0.4, -0.2) is 15.3 Å². The molecule has 0 aromatic heterocycles. The van der Waals surface area contributed by atoms with E-state index in [2.05, 4.69) is 0 Å². The highest BCUT2D eigenvalue weighted by molar-refractivity contribution is 8.93. The predicted octanol–water partition coefficient (Wildman–Crippen LogP) is 4.36. The molecule has 0 atom stereocenters. The zero-order chi connectivity index (χ0) is 20.0. The van der Waals surface area contributed by atoms with Crippen LogP contribution in [0, 0.1) is 26.8 Å². The topological polar surface area (TPSA) is 152 Å². The molecular formula is C16H17BrFN5O3S2. The lowest BCUT2D eigenvalue weighted by Gasteiger charge is -2.14. The van der Waals surface area contributed by atoms with E-state index in [1.807, 2.05) is 0 Å². The first-order chi connectivity index (χ1) is 12.8. The Hall–Kier alpha value is -2.31. The van der Waals surface area contributed by atoms with Crippen molar-refractivity contribution in [3.05, 3.63) is 63.5 Å². The van der Waals surface area contributed by atoms with E-state index < -0.39 is 10.7 Å². The average Bonchev–Trinajstić information content (AvgIpc) is 2.60. The second kappa shape index (κ2) is 10.9. The second-order valence-electron chi connectivity index (χ2n) is 5.21. The van der Waals surface area contributed by atoms with Crippen LogP contribution in [0.1, 0.15) is 11.1 Å². The maximum atomic E-state index is 13.6. The van der Waals surface area contributed by atoms with Crippen LogP contribution in [-0.2, 0) is 11.5 Å². The molecule has 8 nitrogen and oxygen atoms in total. The van der Waals surface area contributed by atoms with Gasteiger partial charge in [-0.2, -0.15) is 0 Å². The van der Waals surface area contributed by atoms with Gasteiger partial charge in [-0.3, -0.25) is 20.9 Å². The Morgan fingerprint density at radius 2 is 1.54 bits per heavy atom. The summed E-state index contributed by atoms with van der Waals surface area (Å²) in [7, 11) is 0. The van der Waals surface area contributed by atoms with Crippen molar-refractivity contribution in [2.45, 2.75) is 11.5 Å². The van der Waals surface area contributed by atoms with Gasteiger partial charge >= 0.3 is 0 Å². The second-order valence-corrected chi connectivity index (χ2v) is 7.24. The van der Waals surface area contributed by atoms with Gasteiger partial charge in [0, 0.05) is 34.8 Å². The predicted molar refractivity (Wildman–Crippen MR) is 116 cm³/mol. The number of nitrogens with one attached hydrogen (secondary N) is 2. The highest BCUT2D eigenvalue weighted by atomic mass is 79.9. The Balaban J connectivity index is 0.00000392. The van der Waals surface area contributed by atoms with E-state index >= 15 is 0 Å². The first-order valence-electron chi connectivity index (χ1n) is 7.43. The highest BCUT2D eigenvalue weighted by Crippen LogP contribution is 2.34. The molecule has 0 aliphatic carbocycles. The monoisotopic (exact) mass is 489 g/mol. The van der Waals surface area contributed by atoms with Crippen molar-refractivity contribution in [1.82, 2.24) is 0 Å². The van der Waals surface area contributed by atoms with Crippen molar-refractivity contribution < 1.29 is 14.1 Å². The Morgan fingerprint density at radius 1 is 1.04 bits per heavy atom. The largest absolute Gasteiger partial charge is 0.457 e. The minimum absolute atomic E-state index is 0. The third kappa shape index (κ3) is 7.02. The fraction of sp³-hybridized carbons (Fsp3) is 0.125. The molecule has 0 aliphatic rings. The molecule has 0 radical (unpaired) electrons. The summed E-state index contributed by atoms with van der Waals surface area (Å²) in [4.78, 5) is 10.5. The minimum Gasteiger partial charge on any atom is -0.457 e. The number of non-ortho nitro benzene ring substituents is 1. The number of amidine groups is 2. The molecular weight excluding hydrogens is 473 g/mol. The van der Waals surface area contributed by atoms with Crippen LogP contribution in [0.15, 0.2) is 36.4 Å². The number of nitrogens with two attached hydrogens (primary N) is 2. The molecule has 0 fully saturated rings. The molecule has 0 unspecified atom stereocenters. The van der Waals surface area contributed by atoms with E-state index in [4.69, 9.17) is 27.0 Å². The standard InChI is InChI=1S/C16H16FN5O3S2.BrH/c17-11-1-3-13(9(5-11)7-26-15(18)19)25-14-4-2-12(22(23)24)6-10(14)8-27-16(20)21;/h1-6H,7-8H2,(H3,18,19)(H3,20,21);1H. The van der Waals surface area contributed by atoms with Crippen LogP contribution in [0.4, 0.5) is 10.1 Å². The Morgan fingerprint density at radius 3 is 2.04 bits per heavy atom. The van der Waals surface area contributed by atoms with Gasteiger partial charge in [-0.1, -0.05) is 23.5 Å². The number of rotatable bonds is 7. The molecule has 0 saturated heterocycles. The summed E-state index contributed by atoms with van der Waals surface area (Å²) in [5.41, 5.74) is 11.5. The number of benzene rings is 2. The number of thioether (sulfide) groups is 2. The lowest BCUT2D eigenvalue weighted by atomic mass is 10.2. The number of ether oxygens (including phenoxy) is 1. The molecule has 2 rings (SSSR count). The third-order valence-corrected chi connectivity index (χ3v) is 4.80. The maximum Gasteiger partial charge on any atom is 0.270 e. The zero-order valence-electron chi connectivity index (χ0n) is 14.3. The molecule has 12 heteroatoms. The van der Waals surface area contributed by atoms with E-state index in [1.54, 1.807) is 0 Å². The first kappa shape index (κ1) is 23.7. The van der Waals surface area contributed by atoms with Gasteiger partial charge in [0.2, 0.25) is 0 Å². The number of hydrogen-bond donors (Lipinski definition) is 4. The van der Waals surface area contributed by atoms with E-state index in [1.165, 1.54) is 36.4 Å². The molecule has 2 aromatic carbocycles. The van der Waals surface area contributed by atoms with Crippen LogP contribution in [0.5, 0.6) is 11.5 Å². The summed E-state index contributed by atoms with van der Waals surface area (Å²) >= 11 is 2.02. The van der Waals surface area contributed by atoms with E-state index in [0.29, 0.717) is 22.6 Å². The summed E-state index contributed by atoms with van der Waals surface area (Å²) < 4.78 is 19.4. The minimum atomic E-state index is -0.529. The number of nitro benzene ring substituents is 1. The van der Waals surface area contributed by atoms with Gasteiger partial charge in [0.1, 0.15) is 17.3 Å². The van der Waals surface area contributed by atoms with E-state index in [0.717, 1.165) is 23.5 Å². The molecule has 2 aromatic rings. The van der Waals surface area contributed by atoms with Gasteiger partial charge in [-0.05, 0) is 24.3 Å². The zero-order valence-corrected chi connectivity index (χ0v) is 17.7. The number of nitrogens with zero attached hydrogens (tertiary/aromatic N) is 1. The fourth-order valence-electron chi connectivity index (χ4n) is 2.08. The van der Waals surface area contributed by atoms with Gasteiger partial charge in [0.25, 0.3) is 5.69 Å². The lowest BCUT2D eigenvalue weighted by Crippen LogP contribution is -2.05. The van der Waals surface area contributed by atoms with Crippen molar-refractivity contribution in [3.8, 4) is 11.5 Å². The Bertz CT molecular complexity index is 901. The van der Waals surface area contributed by atoms with Gasteiger partial charge in [0.15, 0.2) is 10.3 Å². The van der Waals surface area contributed by atoms with Crippen LogP contribution >= 0.6 is 40.5 Å². The molecule has 0 amide bonds. The summed E-state index contributed by atoms with van der Waals surface area (Å²) in [6, 6.07) is 8.03. The van der Waals surface area contributed by atoms with Crippen molar-refractivity contribution in [3.63, 3.8) is 0 Å².